The summed E-state index contributed by atoms with van der Waals surface area (Å²) in [5.41, 5.74) is -1.89. The highest BCUT2D eigenvalue weighted by molar-refractivity contribution is 5.86. The molecular formula is C8H5F3N2O5. The summed E-state index contributed by atoms with van der Waals surface area (Å²) in [7, 11) is 1.04. The molecule has 0 unspecified atom stereocenters. The van der Waals surface area contributed by atoms with Crippen molar-refractivity contribution in [2.24, 2.45) is 0 Å². The first-order chi connectivity index (χ1) is 8.30. The molecular weight excluding hydrogens is 261 g/mol. The minimum Gasteiger partial charge on any atom is -0.489 e. The number of halogens is 3. The Morgan fingerprint density at radius 3 is 2.50 bits per heavy atom. The molecule has 1 aromatic heterocycles. The van der Waals surface area contributed by atoms with Gasteiger partial charge >= 0.3 is 12.0 Å². The Bertz CT molecular complexity index is 488. The van der Waals surface area contributed by atoms with Gasteiger partial charge in [-0.05, 0) is 0 Å². The monoisotopic (exact) mass is 266 g/mol. The van der Waals surface area contributed by atoms with E-state index in [-0.39, 0.29) is 6.29 Å². The van der Waals surface area contributed by atoms with Gasteiger partial charge in [0, 0.05) is 0 Å². The predicted octanol–water partition coefficient (Wildman–Crippen LogP) is 1.71. The maximum atomic E-state index is 12.0. The van der Waals surface area contributed by atoms with Crippen LogP contribution in [0.2, 0.25) is 0 Å². The Kier molecular flexibility index (Phi) is 3.69. The molecule has 0 radical (unpaired) electrons. The van der Waals surface area contributed by atoms with Gasteiger partial charge in [-0.2, -0.15) is 0 Å². The normalized spacial score (nSPS) is 10.9. The van der Waals surface area contributed by atoms with Crippen LogP contribution < -0.4 is 9.47 Å². The summed E-state index contributed by atoms with van der Waals surface area (Å²) < 4.78 is 43.9. The van der Waals surface area contributed by atoms with Gasteiger partial charge in [0.2, 0.25) is 11.6 Å². The highest BCUT2D eigenvalue weighted by Gasteiger charge is 2.36. The third-order valence-corrected chi connectivity index (χ3v) is 1.75. The number of pyridine rings is 1. The van der Waals surface area contributed by atoms with Crippen molar-refractivity contribution in [3.8, 4) is 11.6 Å². The van der Waals surface area contributed by atoms with Crippen molar-refractivity contribution in [2.75, 3.05) is 7.11 Å². The fourth-order valence-corrected chi connectivity index (χ4v) is 1.12. The third-order valence-electron chi connectivity index (χ3n) is 1.75. The molecule has 0 amide bonds. The van der Waals surface area contributed by atoms with E-state index < -0.39 is 34.2 Å². The second-order valence-corrected chi connectivity index (χ2v) is 2.82. The van der Waals surface area contributed by atoms with E-state index >= 15 is 0 Å². The van der Waals surface area contributed by atoms with Crippen molar-refractivity contribution < 1.29 is 32.4 Å². The molecule has 0 aromatic carbocycles. The van der Waals surface area contributed by atoms with E-state index in [9.17, 15) is 28.1 Å². The summed E-state index contributed by atoms with van der Waals surface area (Å²) in [6, 6.07) is 0. The summed E-state index contributed by atoms with van der Waals surface area (Å²) in [6.45, 7) is 0. The molecule has 0 saturated carbocycles. The molecule has 1 aromatic rings. The Balaban J connectivity index is 3.43. The minimum absolute atomic E-state index is 0.158. The lowest BCUT2D eigenvalue weighted by Gasteiger charge is -2.10. The standard InChI is InChI=1S/C8H5F3N2O5/c1-17-5-2-12-7(18-8(9,10)11)4(3-14)6(5)13(15)16/h2-3H,1H3. The molecule has 0 saturated heterocycles. The van der Waals surface area contributed by atoms with Crippen molar-refractivity contribution in [3.63, 3.8) is 0 Å². The fraction of sp³-hybridized carbons (Fsp3) is 0.250. The molecule has 0 aliphatic carbocycles. The average molecular weight is 266 g/mol. The van der Waals surface area contributed by atoms with Gasteiger partial charge in [0.25, 0.3) is 0 Å². The van der Waals surface area contributed by atoms with Gasteiger partial charge in [-0.15, -0.1) is 13.2 Å². The molecule has 1 rings (SSSR count). The molecule has 0 fully saturated rings. The quantitative estimate of drug-likeness (QED) is 0.468. The second-order valence-electron chi connectivity index (χ2n) is 2.82. The number of alkyl halides is 3. The minimum atomic E-state index is -5.12. The third kappa shape index (κ3) is 2.84. The average Bonchev–Trinajstić information content (AvgIpc) is 2.26. The van der Waals surface area contributed by atoms with Crippen LogP contribution in [-0.2, 0) is 0 Å². The van der Waals surface area contributed by atoms with E-state index in [1.54, 1.807) is 0 Å². The summed E-state index contributed by atoms with van der Waals surface area (Å²) in [5, 5.41) is 10.7. The summed E-state index contributed by atoms with van der Waals surface area (Å²) in [6.07, 6.45) is -4.62. The molecule has 18 heavy (non-hydrogen) atoms. The summed E-state index contributed by atoms with van der Waals surface area (Å²) in [4.78, 5) is 23.4. The Morgan fingerprint density at radius 2 is 2.11 bits per heavy atom. The highest BCUT2D eigenvalue weighted by Crippen LogP contribution is 2.35. The number of aldehydes is 1. The number of rotatable bonds is 4. The molecule has 0 aliphatic rings. The summed E-state index contributed by atoms with van der Waals surface area (Å²) in [5.74, 6) is -1.65. The van der Waals surface area contributed by atoms with E-state index in [0.29, 0.717) is 6.20 Å². The van der Waals surface area contributed by atoms with Crippen molar-refractivity contribution in [3.05, 3.63) is 21.9 Å². The van der Waals surface area contributed by atoms with Crippen LogP contribution in [0.1, 0.15) is 10.4 Å². The van der Waals surface area contributed by atoms with Gasteiger partial charge < -0.3 is 9.47 Å². The van der Waals surface area contributed by atoms with Gasteiger partial charge in [0.15, 0.2) is 11.8 Å². The number of carbonyl (C=O) groups is 1. The van der Waals surface area contributed by atoms with Crippen molar-refractivity contribution in [2.45, 2.75) is 6.36 Å². The number of hydrogen-bond acceptors (Lipinski definition) is 6. The van der Waals surface area contributed by atoms with Gasteiger partial charge in [0.05, 0.1) is 18.2 Å². The predicted molar refractivity (Wildman–Crippen MR) is 49.5 cm³/mol. The van der Waals surface area contributed by atoms with Gasteiger partial charge in [-0.25, -0.2) is 4.98 Å². The molecule has 10 heteroatoms. The molecule has 0 N–H and O–H groups in total. The van der Waals surface area contributed by atoms with Crippen LogP contribution in [0.15, 0.2) is 6.20 Å². The van der Waals surface area contributed by atoms with Crippen molar-refractivity contribution in [1.82, 2.24) is 4.98 Å². The number of aromatic nitrogens is 1. The molecule has 0 atom stereocenters. The SMILES string of the molecule is COc1cnc(OC(F)(F)F)c(C=O)c1[N+](=O)[O-]. The zero-order chi connectivity index (χ0) is 13.9. The Morgan fingerprint density at radius 1 is 1.50 bits per heavy atom. The van der Waals surface area contributed by atoms with E-state index in [1.807, 2.05) is 0 Å². The zero-order valence-electron chi connectivity index (χ0n) is 8.72. The molecule has 98 valence electrons. The molecule has 0 spiro atoms. The lowest BCUT2D eigenvalue weighted by Crippen LogP contribution is -2.19. The number of ether oxygens (including phenoxy) is 2. The number of nitrogens with zero attached hydrogens (tertiary/aromatic N) is 2. The first kappa shape index (κ1) is 13.7. The number of methoxy groups -OCH3 is 1. The highest BCUT2D eigenvalue weighted by atomic mass is 19.4. The smallest absolute Gasteiger partial charge is 0.489 e. The lowest BCUT2D eigenvalue weighted by molar-refractivity contribution is -0.386. The van der Waals surface area contributed by atoms with Crippen molar-refractivity contribution >= 4 is 12.0 Å². The maximum absolute atomic E-state index is 12.0. The molecule has 0 aliphatic heterocycles. The largest absolute Gasteiger partial charge is 0.574 e. The first-order valence-electron chi connectivity index (χ1n) is 4.22. The van der Waals surface area contributed by atoms with Crippen LogP contribution in [0.3, 0.4) is 0 Å². The zero-order valence-corrected chi connectivity index (χ0v) is 8.72. The van der Waals surface area contributed by atoms with E-state index in [2.05, 4.69) is 14.5 Å². The van der Waals surface area contributed by atoms with E-state index in [0.717, 1.165) is 7.11 Å². The van der Waals surface area contributed by atoms with Gasteiger partial charge in [0.1, 0.15) is 0 Å². The second kappa shape index (κ2) is 4.85. The number of nitro groups is 1. The maximum Gasteiger partial charge on any atom is 0.574 e. The van der Waals surface area contributed by atoms with Gasteiger partial charge in [-0.1, -0.05) is 0 Å². The van der Waals surface area contributed by atoms with Crippen LogP contribution in [0, 0.1) is 10.1 Å². The van der Waals surface area contributed by atoms with Crippen molar-refractivity contribution in [1.29, 1.82) is 0 Å². The van der Waals surface area contributed by atoms with Crippen LogP contribution in [-0.4, -0.2) is 29.7 Å². The van der Waals surface area contributed by atoms with E-state index in [4.69, 9.17) is 0 Å². The van der Waals surface area contributed by atoms with Crippen LogP contribution in [0.25, 0.3) is 0 Å². The molecule has 7 nitrogen and oxygen atoms in total. The first-order valence-corrected chi connectivity index (χ1v) is 4.22. The van der Waals surface area contributed by atoms with E-state index in [1.165, 1.54) is 0 Å². The fourth-order valence-electron chi connectivity index (χ4n) is 1.12. The number of hydrogen-bond donors (Lipinski definition) is 0. The molecule has 1 heterocycles. The van der Waals surface area contributed by atoms with Gasteiger partial charge in [-0.3, -0.25) is 14.9 Å². The number of carbonyl (C=O) groups excluding carboxylic acids is 1. The Labute approximate surface area is 97.3 Å². The summed E-state index contributed by atoms with van der Waals surface area (Å²) >= 11 is 0. The van der Waals surface area contributed by atoms with Crippen LogP contribution in [0.4, 0.5) is 18.9 Å². The lowest BCUT2D eigenvalue weighted by atomic mass is 10.2. The van der Waals surface area contributed by atoms with Crippen LogP contribution in [0.5, 0.6) is 11.6 Å². The Hall–Kier alpha value is -2.39. The topological polar surface area (TPSA) is 91.6 Å². The van der Waals surface area contributed by atoms with Crippen LogP contribution >= 0.6 is 0 Å². The molecule has 0 bridgehead atoms.